The molecule has 5 heterocycles. The predicted octanol–water partition coefficient (Wildman–Crippen LogP) is 2.28. The molecule has 1 atom stereocenters. The minimum Gasteiger partial charge on any atom is -0.467 e. The summed E-state index contributed by atoms with van der Waals surface area (Å²) in [5, 5.41) is 0.524. The summed E-state index contributed by atoms with van der Waals surface area (Å²) < 4.78 is 5.36. The second-order valence-corrected chi connectivity index (χ2v) is 10.2. The van der Waals surface area contributed by atoms with Gasteiger partial charge < -0.3 is 24.4 Å². The monoisotopic (exact) mass is 529 g/mol. The van der Waals surface area contributed by atoms with Gasteiger partial charge in [0.05, 0.1) is 23.5 Å². The van der Waals surface area contributed by atoms with Crippen LogP contribution in [0.2, 0.25) is 5.02 Å². The second kappa shape index (κ2) is 12.1. The molecule has 0 bridgehead atoms. The Labute approximate surface area is 222 Å². The molecule has 1 N–H and O–H groups in total. The molecular formula is C26H36ClN7O3. The number of amides is 1. The van der Waals surface area contributed by atoms with Crippen LogP contribution in [0.25, 0.3) is 0 Å². The van der Waals surface area contributed by atoms with Crippen molar-refractivity contribution in [3.63, 3.8) is 0 Å². The van der Waals surface area contributed by atoms with Crippen molar-refractivity contribution in [2.24, 2.45) is 0 Å². The number of piperazine rings is 1. The van der Waals surface area contributed by atoms with Crippen LogP contribution in [-0.2, 0) is 24.4 Å². The number of nitrogens with zero attached hydrogens (tertiary/aromatic N) is 6. The molecule has 0 radical (unpaired) electrons. The second-order valence-electron chi connectivity index (χ2n) is 9.79. The van der Waals surface area contributed by atoms with E-state index in [4.69, 9.17) is 16.3 Å². The maximum atomic E-state index is 12.0. The molecule has 0 aromatic carbocycles. The van der Waals surface area contributed by atoms with E-state index >= 15 is 0 Å². The number of H-pyrrole nitrogens is 1. The number of ether oxygens (including phenoxy) is 1. The molecule has 2 fully saturated rings. The number of aromatic amines is 1. The van der Waals surface area contributed by atoms with E-state index in [0.717, 1.165) is 17.1 Å². The van der Waals surface area contributed by atoms with Crippen LogP contribution in [0.1, 0.15) is 36.7 Å². The molecule has 37 heavy (non-hydrogen) atoms. The van der Waals surface area contributed by atoms with Crippen LogP contribution in [0, 0.1) is 0 Å². The number of pyridine rings is 1. The third kappa shape index (κ3) is 6.49. The summed E-state index contributed by atoms with van der Waals surface area (Å²) in [5.74, 6) is 0.770. The number of hydrogen-bond donors (Lipinski definition) is 1. The lowest BCUT2D eigenvalue weighted by Gasteiger charge is -2.40. The number of halogens is 1. The number of anilines is 1. The molecule has 200 valence electrons. The number of fused-ring (bicyclic) bond motifs is 1. The van der Waals surface area contributed by atoms with E-state index in [0.29, 0.717) is 56.0 Å². The van der Waals surface area contributed by atoms with E-state index in [1.807, 2.05) is 0 Å². The Kier molecular flexibility index (Phi) is 8.83. The van der Waals surface area contributed by atoms with Gasteiger partial charge in [-0.25, -0.2) is 0 Å². The SMILES string of the molecule is C=CC(=O)N1CCN(c2nc(OC)nc3c2CN(Cc2[nH]c(=O)ccc2Cl)C3)C(C)C1.CN1CCCC1. The third-order valence-electron chi connectivity index (χ3n) is 7.03. The van der Waals surface area contributed by atoms with Gasteiger partial charge in [0.2, 0.25) is 11.5 Å². The van der Waals surface area contributed by atoms with Gasteiger partial charge in [0, 0.05) is 56.9 Å². The molecule has 5 rings (SSSR count). The Morgan fingerprint density at radius 2 is 1.97 bits per heavy atom. The molecule has 1 amide bonds. The number of carbonyl (C=O) groups excluding carboxylic acids is 1. The molecule has 0 spiro atoms. The van der Waals surface area contributed by atoms with Crippen molar-refractivity contribution in [3.05, 3.63) is 57.1 Å². The Morgan fingerprint density at radius 3 is 2.59 bits per heavy atom. The summed E-state index contributed by atoms with van der Waals surface area (Å²) in [6.07, 6.45) is 4.18. The molecule has 0 saturated carbocycles. The van der Waals surface area contributed by atoms with Crippen LogP contribution in [-0.4, -0.2) is 88.5 Å². The number of aromatic nitrogens is 3. The number of hydrogen-bond acceptors (Lipinski definition) is 8. The summed E-state index contributed by atoms with van der Waals surface area (Å²) in [6, 6.07) is 3.42. The average Bonchev–Trinajstić information content (AvgIpc) is 3.54. The topological polar surface area (TPSA) is 97.9 Å². The number of nitrogens with one attached hydrogen (secondary N) is 1. The molecule has 2 aromatic rings. The fourth-order valence-electron chi connectivity index (χ4n) is 5.03. The minimum absolute atomic E-state index is 0.0584. The first-order valence-corrected chi connectivity index (χ1v) is 13.1. The molecule has 3 aliphatic rings. The summed E-state index contributed by atoms with van der Waals surface area (Å²) >= 11 is 6.26. The lowest BCUT2D eigenvalue weighted by molar-refractivity contribution is -0.126. The van der Waals surface area contributed by atoms with Gasteiger partial charge in [-0.15, -0.1) is 0 Å². The van der Waals surface area contributed by atoms with Gasteiger partial charge in [-0.1, -0.05) is 18.2 Å². The fraction of sp³-hybridized carbons (Fsp3) is 0.538. The number of methoxy groups -OCH3 is 1. The molecule has 1 unspecified atom stereocenters. The maximum Gasteiger partial charge on any atom is 0.318 e. The van der Waals surface area contributed by atoms with Gasteiger partial charge in [0.25, 0.3) is 0 Å². The van der Waals surface area contributed by atoms with Crippen molar-refractivity contribution < 1.29 is 9.53 Å². The first-order chi connectivity index (χ1) is 17.8. The zero-order valence-corrected chi connectivity index (χ0v) is 22.6. The van der Waals surface area contributed by atoms with Crippen molar-refractivity contribution in [1.82, 2.24) is 29.7 Å². The standard InChI is InChI=1S/C21H25ClN6O3.C5H11N/c1-4-19(30)27-7-8-28(13(2)9-27)20-14-10-26(11-16(14)24-21(25-20)31-3)12-17-15(22)5-6-18(29)23-17;1-6-4-2-3-5-6/h4-6,13H,1,7-12H2,2-3H3,(H,23,29);2-5H2,1H3. The molecule has 0 aliphatic carbocycles. The van der Waals surface area contributed by atoms with Crippen molar-refractivity contribution >= 4 is 23.3 Å². The summed E-state index contributed by atoms with van der Waals surface area (Å²) in [4.78, 5) is 44.3. The van der Waals surface area contributed by atoms with Crippen LogP contribution < -0.4 is 15.2 Å². The molecule has 11 heteroatoms. The number of rotatable bonds is 5. The smallest absolute Gasteiger partial charge is 0.318 e. The largest absolute Gasteiger partial charge is 0.467 e. The van der Waals surface area contributed by atoms with E-state index in [9.17, 15) is 9.59 Å². The molecule has 3 aliphatic heterocycles. The van der Waals surface area contributed by atoms with E-state index in [1.54, 1.807) is 18.1 Å². The first kappa shape index (κ1) is 27.1. The first-order valence-electron chi connectivity index (χ1n) is 12.7. The summed E-state index contributed by atoms with van der Waals surface area (Å²) in [5.41, 5.74) is 2.42. The van der Waals surface area contributed by atoms with Crippen molar-refractivity contribution in [1.29, 1.82) is 0 Å². The Balaban J connectivity index is 0.000000469. The van der Waals surface area contributed by atoms with Crippen LogP contribution in [0.15, 0.2) is 29.6 Å². The number of likely N-dealkylation sites (tertiary alicyclic amines) is 1. The quantitative estimate of drug-likeness (QED) is 0.589. The van der Waals surface area contributed by atoms with E-state index in [1.165, 1.54) is 38.1 Å². The zero-order chi connectivity index (χ0) is 26.5. The van der Waals surface area contributed by atoms with Crippen LogP contribution >= 0.6 is 11.6 Å². The molecule has 10 nitrogen and oxygen atoms in total. The highest BCUT2D eigenvalue weighted by molar-refractivity contribution is 6.31. The lowest BCUT2D eigenvalue weighted by Crippen LogP contribution is -2.54. The predicted molar refractivity (Wildman–Crippen MR) is 144 cm³/mol. The fourth-order valence-corrected chi connectivity index (χ4v) is 5.20. The van der Waals surface area contributed by atoms with E-state index in [-0.39, 0.29) is 17.5 Å². The average molecular weight is 530 g/mol. The van der Waals surface area contributed by atoms with Gasteiger partial charge >= 0.3 is 6.01 Å². The van der Waals surface area contributed by atoms with Crippen LogP contribution in [0.4, 0.5) is 5.82 Å². The molecule has 2 saturated heterocycles. The third-order valence-corrected chi connectivity index (χ3v) is 7.38. The van der Waals surface area contributed by atoms with Crippen molar-refractivity contribution in [3.8, 4) is 6.01 Å². The summed E-state index contributed by atoms with van der Waals surface area (Å²) in [6.45, 7) is 11.9. The van der Waals surface area contributed by atoms with E-state index in [2.05, 4.69) is 50.2 Å². The van der Waals surface area contributed by atoms with Gasteiger partial charge in [-0.2, -0.15) is 9.97 Å². The van der Waals surface area contributed by atoms with E-state index < -0.39 is 0 Å². The van der Waals surface area contributed by atoms with Crippen molar-refractivity contribution in [2.45, 2.75) is 45.4 Å². The van der Waals surface area contributed by atoms with Gasteiger partial charge in [0.1, 0.15) is 5.82 Å². The van der Waals surface area contributed by atoms with Gasteiger partial charge in [0.15, 0.2) is 0 Å². The van der Waals surface area contributed by atoms with Gasteiger partial charge in [-0.05, 0) is 52.0 Å². The Hall–Kier alpha value is -2.95. The highest BCUT2D eigenvalue weighted by atomic mass is 35.5. The highest BCUT2D eigenvalue weighted by Crippen LogP contribution is 2.33. The summed E-state index contributed by atoms with van der Waals surface area (Å²) in [7, 11) is 3.73. The Morgan fingerprint density at radius 1 is 1.22 bits per heavy atom. The van der Waals surface area contributed by atoms with Crippen LogP contribution in [0.5, 0.6) is 6.01 Å². The normalized spacial score (nSPS) is 19.8. The molecule has 2 aromatic heterocycles. The molecular weight excluding hydrogens is 494 g/mol. The van der Waals surface area contributed by atoms with Crippen LogP contribution in [0.3, 0.4) is 0 Å². The maximum absolute atomic E-state index is 12.0. The zero-order valence-electron chi connectivity index (χ0n) is 21.9. The highest BCUT2D eigenvalue weighted by Gasteiger charge is 2.33. The van der Waals surface area contributed by atoms with Gasteiger partial charge in [-0.3, -0.25) is 14.5 Å². The number of carbonyl (C=O) groups is 1. The minimum atomic E-state index is -0.181. The lowest BCUT2D eigenvalue weighted by atomic mass is 10.1. The van der Waals surface area contributed by atoms with Crippen molar-refractivity contribution in [2.75, 3.05) is 51.8 Å². The Bertz CT molecular complexity index is 1180.